The summed E-state index contributed by atoms with van der Waals surface area (Å²) in [4.78, 5) is 12.9. The number of aryl methyl sites for hydroxylation is 2. The Morgan fingerprint density at radius 2 is 1.83 bits per heavy atom. The van der Waals surface area contributed by atoms with E-state index < -0.39 is 5.60 Å². The minimum absolute atomic E-state index is 0. The molecule has 4 nitrogen and oxygen atoms in total. The van der Waals surface area contributed by atoms with Gasteiger partial charge in [-0.3, -0.25) is 4.79 Å². The first-order valence-corrected chi connectivity index (χ1v) is 8.34. The number of benzene rings is 2. The van der Waals surface area contributed by atoms with Gasteiger partial charge in [-0.2, -0.15) is 0 Å². The third-order valence-electron chi connectivity index (χ3n) is 5.34. The van der Waals surface area contributed by atoms with Crippen molar-refractivity contribution in [3.05, 3.63) is 41.5 Å². The standard InChI is InChI=1S/C19H22N2O2.ClH/c1-23-19(9-11-20-12-10-19)18(22)21-16-8-7-14-6-5-13-3-2-4-15(16)17(13)14;/h2-4,7-8,20H,5-6,9-12H2,1H3,(H,21,22);1H. The molecule has 2 N–H and O–H groups in total. The number of carbonyl (C=O) groups is 1. The van der Waals surface area contributed by atoms with Crippen LogP contribution in [0.15, 0.2) is 30.3 Å². The van der Waals surface area contributed by atoms with Crippen LogP contribution in [-0.4, -0.2) is 31.7 Å². The van der Waals surface area contributed by atoms with Gasteiger partial charge in [0.25, 0.3) is 5.91 Å². The van der Waals surface area contributed by atoms with Crippen LogP contribution in [0.25, 0.3) is 10.8 Å². The molecule has 24 heavy (non-hydrogen) atoms. The third-order valence-corrected chi connectivity index (χ3v) is 5.34. The molecule has 1 aliphatic carbocycles. The molecule has 0 radical (unpaired) electrons. The van der Waals surface area contributed by atoms with E-state index in [1.54, 1.807) is 7.11 Å². The van der Waals surface area contributed by atoms with Gasteiger partial charge >= 0.3 is 0 Å². The van der Waals surface area contributed by atoms with Gasteiger partial charge in [0.15, 0.2) is 0 Å². The summed E-state index contributed by atoms with van der Waals surface area (Å²) in [6.07, 6.45) is 3.60. The van der Waals surface area contributed by atoms with Crippen LogP contribution in [0, 0.1) is 0 Å². The summed E-state index contributed by atoms with van der Waals surface area (Å²) in [7, 11) is 1.64. The molecule has 1 amide bonds. The summed E-state index contributed by atoms with van der Waals surface area (Å²) in [6.45, 7) is 1.62. The van der Waals surface area contributed by atoms with Crippen LogP contribution in [0.4, 0.5) is 5.69 Å². The molecule has 128 valence electrons. The van der Waals surface area contributed by atoms with Crippen LogP contribution in [0.2, 0.25) is 0 Å². The summed E-state index contributed by atoms with van der Waals surface area (Å²) >= 11 is 0. The average molecular weight is 347 g/mol. The van der Waals surface area contributed by atoms with Crippen LogP contribution in [0.3, 0.4) is 0 Å². The van der Waals surface area contributed by atoms with Gasteiger partial charge in [-0.25, -0.2) is 0 Å². The van der Waals surface area contributed by atoms with E-state index in [-0.39, 0.29) is 18.3 Å². The molecule has 4 rings (SSSR count). The minimum atomic E-state index is -0.714. The fourth-order valence-corrected chi connectivity index (χ4v) is 3.95. The largest absolute Gasteiger partial charge is 0.368 e. The predicted molar refractivity (Wildman–Crippen MR) is 99.1 cm³/mol. The lowest BCUT2D eigenvalue weighted by Crippen LogP contribution is -2.51. The monoisotopic (exact) mass is 346 g/mol. The van der Waals surface area contributed by atoms with Crippen LogP contribution in [0.5, 0.6) is 0 Å². The second-order valence-corrected chi connectivity index (χ2v) is 6.51. The maximum atomic E-state index is 12.9. The molecule has 1 heterocycles. The van der Waals surface area contributed by atoms with E-state index in [0.717, 1.165) is 37.0 Å². The first-order valence-electron chi connectivity index (χ1n) is 8.34. The molecular weight excluding hydrogens is 324 g/mol. The highest BCUT2D eigenvalue weighted by Gasteiger charge is 2.39. The Kier molecular flexibility index (Phi) is 4.81. The molecule has 5 heteroatoms. The lowest BCUT2D eigenvalue weighted by Gasteiger charge is -2.34. The molecule has 0 atom stereocenters. The number of hydrogen-bond donors (Lipinski definition) is 2. The number of amides is 1. The highest BCUT2D eigenvalue weighted by molar-refractivity contribution is 6.07. The van der Waals surface area contributed by atoms with E-state index >= 15 is 0 Å². The number of methoxy groups -OCH3 is 1. The highest BCUT2D eigenvalue weighted by atomic mass is 35.5. The van der Waals surface area contributed by atoms with Crippen LogP contribution < -0.4 is 10.6 Å². The second kappa shape index (κ2) is 6.71. The number of hydrogen-bond acceptors (Lipinski definition) is 3. The van der Waals surface area contributed by atoms with Crippen molar-refractivity contribution in [2.45, 2.75) is 31.3 Å². The van der Waals surface area contributed by atoms with Crippen molar-refractivity contribution in [1.29, 1.82) is 0 Å². The van der Waals surface area contributed by atoms with Crippen molar-refractivity contribution in [3.63, 3.8) is 0 Å². The number of nitrogens with one attached hydrogen (secondary N) is 2. The number of rotatable bonds is 3. The highest BCUT2D eigenvalue weighted by Crippen LogP contribution is 2.35. The molecule has 0 bridgehead atoms. The van der Waals surface area contributed by atoms with E-state index in [2.05, 4.69) is 34.9 Å². The van der Waals surface area contributed by atoms with E-state index in [0.29, 0.717) is 12.8 Å². The first kappa shape index (κ1) is 17.2. The molecular formula is C19H23ClN2O2. The maximum absolute atomic E-state index is 12.9. The van der Waals surface area contributed by atoms with Crippen molar-refractivity contribution in [1.82, 2.24) is 5.32 Å². The van der Waals surface area contributed by atoms with Gasteiger partial charge in [0.1, 0.15) is 5.60 Å². The van der Waals surface area contributed by atoms with Crippen molar-refractivity contribution < 1.29 is 9.53 Å². The molecule has 0 saturated carbocycles. The fourth-order valence-electron chi connectivity index (χ4n) is 3.95. The van der Waals surface area contributed by atoms with Gasteiger partial charge in [0.2, 0.25) is 0 Å². The first-order chi connectivity index (χ1) is 11.2. The summed E-state index contributed by atoms with van der Waals surface area (Å²) in [5, 5.41) is 8.89. The summed E-state index contributed by atoms with van der Waals surface area (Å²) < 4.78 is 5.63. The smallest absolute Gasteiger partial charge is 0.256 e. The Morgan fingerprint density at radius 1 is 1.12 bits per heavy atom. The Morgan fingerprint density at radius 3 is 2.54 bits per heavy atom. The molecule has 2 aliphatic rings. The van der Waals surface area contributed by atoms with Gasteiger partial charge in [-0.05, 0) is 61.4 Å². The summed E-state index contributed by atoms with van der Waals surface area (Å²) in [6, 6.07) is 10.6. The lowest BCUT2D eigenvalue weighted by molar-refractivity contribution is -0.140. The molecule has 1 fully saturated rings. The SMILES string of the molecule is COC1(C(=O)Nc2ccc3c4c(cccc24)CC3)CCNCC1.Cl. The zero-order valence-corrected chi connectivity index (χ0v) is 14.7. The van der Waals surface area contributed by atoms with E-state index in [4.69, 9.17) is 4.74 Å². The van der Waals surface area contributed by atoms with Crippen molar-refractivity contribution in [2.75, 3.05) is 25.5 Å². The van der Waals surface area contributed by atoms with Gasteiger partial charge < -0.3 is 15.4 Å². The van der Waals surface area contributed by atoms with E-state index in [1.807, 2.05) is 6.07 Å². The molecule has 2 aromatic rings. The zero-order valence-electron chi connectivity index (χ0n) is 13.9. The molecule has 1 aliphatic heterocycles. The van der Waals surface area contributed by atoms with Crippen LogP contribution in [0.1, 0.15) is 24.0 Å². The number of carbonyl (C=O) groups excluding carboxylic acids is 1. The van der Waals surface area contributed by atoms with Crippen molar-refractivity contribution in [3.8, 4) is 0 Å². The van der Waals surface area contributed by atoms with Gasteiger partial charge in [-0.15, -0.1) is 12.4 Å². The molecule has 0 aromatic heterocycles. The maximum Gasteiger partial charge on any atom is 0.256 e. The Hall–Kier alpha value is -1.62. The fraction of sp³-hybridized carbons (Fsp3) is 0.421. The normalized spacial score (nSPS) is 18.2. The Labute approximate surface area is 148 Å². The summed E-state index contributed by atoms with van der Waals surface area (Å²) in [5.74, 6) is -0.0276. The quantitative estimate of drug-likeness (QED) is 0.898. The van der Waals surface area contributed by atoms with E-state index in [9.17, 15) is 4.79 Å². The average Bonchev–Trinajstić information content (AvgIpc) is 3.03. The summed E-state index contributed by atoms with van der Waals surface area (Å²) in [5.41, 5.74) is 2.95. The number of piperidine rings is 1. The van der Waals surface area contributed by atoms with Crippen molar-refractivity contribution in [2.24, 2.45) is 0 Å². The van der Waals surface area contributed by atoms with Gasteiger partial charge in [0.05, 0.1) is 0 Å². The molecule has 1 saturated heterocycles. The topological polar surface area (TPSA) is 50.4 Å². The third kappa shape index (κ3) is 2.69. The number of anilines is 1. The minimum Gasteiger partial charge on any atom is -0.368 e. The Bertz CT molecular complexity index is 759. The molecule has 0 spiro atoms. The number of ether oxygens (including phenoxy) is 1. The van der Waals surface area contributed by atoms with Crippen LogP contribution >= 0.6 is 12.4 Å². The lowest BCUT2D eigenvalue weighted by atomic mass is 9.90. The van der Waals surface area contributed by atoms with Crippen LogP contribution in [-0.2, 0) is 22.4 Å². The zero-order chi connectivity index (χ0) is 15.9. The van der Waals surface area contributed by atoms with Gasteiger partial charge in [0, 0.05) is 18.2 Å². The van der Waals surface area contributed by atoms with Crippen molar-refractivity contribution >= 4 is 34.8 Å². The Balaban J connectivity index is 0.00000169. The van der Waals surface area contributed by atoms with E-state index in [1.165, 1.54) is 16.5 Å². The second-order valence-electron chi connectivity index (χ2n) is 6.51. The molecule has 2 aromatic carbocycles. The van der Waals surface area contributed by atoms with Gasteiger partial charge in [-0.1, -0.05) is 24.3 Å². The predicted octanol–water partition coefficient (Wildman–Crippen LogP) is 3.07. The number of halogens is 1. The molecule has 0 unspecified atom stereocenters.